The van der Waals surface area contributed by atoms with Gasteiger partial charge in [0.15, 0.2) is 0 Å². The van der Waals surface area contributed by atoms with Gasteiger partial charge >= 0.3 is 5.97 Å². The number of fused-ring (bicyclic) bond motifs is 1. The first-order chi connectivity index (χ1) is 18.4. The molecule has 0 saturated heterocycles. The zero-order valence-corrected chi connectivity index (χ0v) is 24.9. The molecule has 0 fully saturated rings. The number of carbonyl (C=O) groups is 2. The molecule has 1 heterocycles. The largest absolute Gasteiger partial charge is 0.457 e. The van der Waals surface area contributed by atoms with E-state index in [9.17, 15) is 14.7 Å². The van der Waals surface area contributed by atoms with Gasteiger partial charge in [-0.1, -0.05) is 59.6 Å². The van der Waals surface area contributed by atoms with Crippen molar-refractivity contribution >= 4 is 22.8 Å². The van der Waals surface area contributed by atoms with E-state index in [2.05, 4.69) is 31.2 Å². The Kier molecular flexibility index (Phi) is 12.9. The van der Waals surface area contributed by atoms with Crippen molar-refractivity contribution in [1.82, 2.24) is 15.1 Å². The van der Waals surface area contributed by atoms with E-state index in [1.807, 2.05) is 42.9 Å². The Morgan fingerprint density at radius 2 is 1.95 bits per heavy atom. The molecule has 2 aromatic rings. The summed E-state index contributed by atoms with van der Waals surface area (Å²) < 4.78 is 13.0. The molecule has 0 saturated carbocycles. The molecule has 220 valence electrons. The standard InChI is InChI=1S/C30H50N4O5/c1-8-9-13-30(5,6)29(37)32-19-27(36)25(31)17-24(20(2)3)28(39-21(4)35)22-11-12-23-18-33-34(26(23)16-22)14-10-15-38-7/h11-12,16,18,20,24-25,27-28,36H,8-10,13-15,17,19,31H2,1-7H3,(H,32,37). The van der Waals surface area contributed by atoms with E-state index in [1.165, 1.54) is 6.92 Å². The van der Waals surface area contributed by atoms with Crippen LogP contribution in [0.5, 0.6) is 0 Å². The zero-order valence-electron chi connectivity index (χ0n) is 24.9. The highest BCUT2D eigenvalue weighted by molar-refractivity contribution is 5.81. The van der Waals surface area contributed by atoms with E-state index in [0.717, 1.165) is 42.1 Å². The van der Waals surface area contributed by atoms with Crippen molar-refractivity contribution in [2.45, 2.75) is 98.4 Å². The summed E-state index contributed by atoms with van der Waals surface area (Å²) >= 11 is 0. The van der Waals surface area contributed by atoms with Crippen LogP contribution in [0.15, 0.2) is 24.4 Å². The molecule has 0 spiro atoms. The third-order valence-corrected chi connectivity index (χ3v) is 7.53. The monoisotopic (exact) mass is 546 g/mol. The first-order valence-electron chi connectivity index (χ1n) is 14.2. The van der Waals surface area contributed by atoms with Gasteiger partial charge in [0.1, 0.15) is 6.10 Å². The van der Waals surface area contributed by atoms with Crippen molar-refractivity contribution in [2.75, 3.05) is 20.3 Å². The minimum atomic E-state index is -0.931. The molecular weight excluding hydrogens is 496 g/mol. The number of aryl methyl sites for hydroxylation is 1. The summed E-state index contributed by atoms with van der Waals surface area (Å²) in [5, 5.41) is 19.3. The summed E-state index contributed by atoms with van der Waals surface area (Å²) in [6.07, 6.45) is 4.37. The van der Waals surface area contributed by atoms with Gasteiger partial charge in [-0.2, -0.15) is 5.10 Å². The lowest BCUT2D eigenvalue weighted by atomic mass is 9.80. The number of nitrogens with two attached hydrogens (primary N) is 1. The Morgan fingerprint density at radius 3 is 2.56 bits per heavy atom. The third kappa shape index (κ3) is 9.58. The second kappa shape index (κ2) is 15.3. The molecule has 4 unspecified atom stereocenters. The molecular formula is C30H50N4O5. The molecule has 4 N–H and O–H groups in total. The number of methoxy groups -OCH3 is 1. The van der Waals surface area contributed by atoms with Crippen LogP contribution in [-0.2, 0) is 25.6 Å². The van der Waals surface area contributed by atoms with Gasteiger partial charge in [0.25, 0.3) is 0 Å². The number of aromatic nitrogens is 2. The highest BCUT2D eigenvalue weighted by atomic mass is 16.5. The number of rotatable bonds is 17. The highest BCUT2D eigenvalue weighted by Gasteiger charge is 2.33. The fourth-order valence-electron chi connectivity index (χ4n) is 4.92. The Morgan fingerprint density at radius 1 is 1.23 bits per heavy atom. The van der Waals surface area contributed by atoms with Gasteiger partial charge in [0.05, 0.1) is 17.8 Å². The molecule has 1 amide bonds. The smallest absolute Gasteiger partial charge is 0.303 e. The lowest BCUT2D eigenvalue weighted by Gasteiger charge is -2.33. The van der Waals surface area contributed by atoms with Gasteiger partial charge in [0, 0.05) is 56.5 Å². The number of esters is 1. The number of amides is 1. The van der Waals surface area contributed by atoms with Crippen LogP contribution in [0.25, 0.3) is 10.9 Å². The first-order valence-corrected chi connectivity index (χ1v) is 14.2. The van der Waals surface area contributed by atoms with Crippen LogP contribution < -0.4 is 11.1 Å². The van der Waals surface area contributed by atoms with Crippen LogP contribution in [0, 0.1) is 17.3 Å². The highest BCUT2D eigenvalue weighted by Crippen LogP contribution is 2.36. The van der Waals surface area contributed by atoms with E-state index in [4.69, 9.17) is 15.2 Å². The molecule has 1 aromatic carbocycles. The topological polar surface area (TPSA) is 129 Å². The fourth-order valence-corrected chi connectivity index (χ4v) is 4.92. The molecule has 1 aromatic heterocycles. The van der Waals surface area contributed by atoms with Gasteiger partial charge < -0.3 is 25.6 Å². The molecule has 9 heteroatoms. The number of nitrogens with zero attached hydrogens (tertiary/aromatic N) is 2. The van der Waals surface area contributed by atoms with Crippen molar-refractivity contribution in [1.29, 1.82) is 0 Å². The summed E-state index contributed by atoms with van der Waals surface area (Å²) in [5.74, 6) is -0.513. The molecule has 0 aliphatic carbocycles. The fraction of sp³-hybridized carbons (Fsp3) is 0.700. The molecule has 0 bridgehead atoms. The number of aliphatic hydroxyl groups is 1. The average Bonchev–Trinajstić information content (AvgIpc) is 3.29. The Labute approximate surface area is 233 Å². The van der Waals surface area contributed by atoms with Crippen LogP contribution in [0.4, 0.5) is 0 Å². The lowest BCUT2D eigenvalue weighted by molar-refractivity contribution is -0.151. The number of hydrogen-bond acceptors (Lipinski definition) is 7. The normalized spacial score (nSPS) is 15.2. The number of benzene rings is 1. The third-order valence-electron chi connectivity index (χ3n) is 7.53. The quantitative estimate of drug-likeness (QED) is 0.199. The van der Waals surface area contributed by atoms with Crippen LogP contribution in [0.3, 0.4) is 0 Å². The van der Waals surface area contributed by atoms with Gasteiger partial charge in [-0.25, -0.2) is 0 Å². The summed E-state index contributed by atoms with van der Waals surface area (Å²) in [6, 6.07) is 5.37. The van der Waals surface area contributed by atoms with Gasteiger partial charge in [-0.15, -0.1) is 0 Å². The van der Waals surface area contributed by atoms with E-state index in [-0.39, 0.29) is 30.3 Å². The van der Waals surface area contributed by atoms with Crippen molar-refractivity contribution in [3.05, 3.63) is 30.0 Å². The summed E-state index contributed by atoms with van der Waals surface area (Å²) in [7, 11) is 1.68. The number of carbonyl (C=O) groups excluding carboxylic acids is 2. The maximum absolute atomic E-state index is 12.7. The lowest BCUT2D eigenvalue weighted by Crippen LogP contribution is -2.47. The predicted octanol–water partition coefficient (Wildman–Crippen LogP) is 4.36. The number of hydrogen-bond donors (Lipinski definition) is 3. The van der Waals surface area contributed by atoms with E-state index < -0.39 is 23.7 Å². The first kappa shape index (κ1) is 32.7. The van der Waals surface area contributed by atoms with Crippen molar-refractivity contribution in [2.24, 2.45) is 23.0 Å². The van der Waals surface area contributed by atoms with Crippen LogP contribution in [-0.4, -0.2) is 59.2 Å². The Bertz CT molecular complexity index is 1050. The average molecular weight is 547 g/mol. The van der Waals surface area contributed by atoms with E-state index >= 15 is 0 Å². The second-order valence-corrected chi connectivity index (χ2v) is 11.6. The van der Waals surface area contributed by atoms with Crippen molar-refractivity contribution < 1.29 is 24.2 Å². The van der Waals surface area contributed by atoms with Gasteiger partial charge in [-0.3, -0.25) is 14.3 Å². The van der Waals surface area contributed by atoms with Crippen LogP contribution >= 0.6 is 0 Å². The maximum Gasteiger partial charge on any atom is 0.303 e. The molecule has 2 rings (SSSR count). The zero-order chi connectivity index (χ0) is 29.2. The van der Waals surface area contributed by atoms with Crippen LogP contribution in [0.1, 0.15) is 85.3 Å². The van der Waals surface area contributed by atoms with Crippen molar-refractivity contribution in [3.63, 3.8) is 0 Å². The summed E-state index contributed by atoms with van der Waals surface area (Å²) in [5.41, 5.74) is 7.79. The molecule has 9 nitrogen and oxygen atoms in total. The maximum atomic E-state index is 12.7. The molecule has 39 heavy (non-hydrogen) atoms. The number of unbranched alkanes of at least 4 members (excludes halogenated alkanes) is 1. The Balaban J connectivity index is 2.21. The SMILES string of the molecule is CCCCC(C)(C)C(=O)NCC(O)C(N)CC(C(C)C)C(OC(C)=O)c1ccc2cnn(CCCOC)c2c1. The molecule has 0 aliphatic heterocycles. The van der Waals surface area contributed by atoms with Crippen molar-refractivity contribution in [3.8, 4) is 0 Å². The Hall–Kier alpha value is -2.49. The number of ether oxygens (including phenoxy) is 2. The molecule has 0 radical (unpaired) electrons. The number of aliphatic hydroxyl groups excluding tert-OH is 1. The minimum Gasteiger partial charge on any atom is -0.457 e. The van der Waals surface area contributed by atoms with Crippen LogP contribution in [0.2, 0.25) is 0 Å². The van der Waals surface area contributed by atoms with Gasteiger partial charge in [-0.05, 0) is 36.8 Å². The summed E-state index contributed by atoms with van der Waals surface area (Å²) in [6.45, 7) is 12.9. The summed E-state index contributed by atoms with van der Waals surface area (Å²) in [4.78, 5) is 24.9. The minimum absolute atomic E-state index is 0.0746. The number of nitrogens with one attached hydrogen (secondary N) is 1. The molecule has 0 aliphatic rings. The molecule has 4 atom stereocenters. The van der Waals surface area contributed by atoms with Gasteiger partial charge in [0.2, 0.25) is 5.91 Å². The second-order valence-electron chi connectivity index (χ2n) is 11.6. The van der Waals surface area contributed by atoms with E-state index in [1.54, 1.807) is 7.11 Å². The predicted molar refractivity (Wildman–Crippen MR) is 154 cm³/mol. The van der Waals surface area contributed by atoms with E-state index in [0.29, 0.717) is 19.6 Å².